The number of nitrogens with zero attached hydrogens (tertiary/aromatic N) is 2. The molecule has 0 amide bonds. The van der Waals surface area contributed by atoms with Gasteiger partial charge in [0.2, 0.25) is 0 Å². The van der Waals surface area contributed by atoms with Gasteiger partial charge in [0, 0.05) is 30.3 Å². The summed E-state index contributed by atoms with van der Waals surface area (Å²) in [5.74, 6) is 1.63. The molecule has 2 rings (SSSR count). The lowest BCUT2D eigenvalue weighted by Crippen LogP contribution is -2.36. The van der Waals surface area contributed by atoms with Crippen LogP contribution in [0.2, 0.25) is 0 Å². The zero-order valence-corrected chi connectivity index (χ0v) is 19.5. The number of aliphatic imine (C=N–C) groups is 1. The highest BCUT2D eigenvalue weighted by molar-refractivity contribution is 14.0. The third-order valence-corrected chi connectivity index (χ3v) is 4.51. The van der Waals surface area contributed by atoms with Gasteiger partial charge in [-0.05, 0) is 32.4 Å². The van der Waals surface area contributed by atoms with Gasteiger partial charge in [0.15, 0.2) is 5.96 Å². The maximum Gasteiger partial charge on any atom is 0.191 e. The van der Waals surface area contributed by atoms with Gasteiger partial charge in [-0.25, -0.2) is 9.98 Å². The van der Waals surface area contributed by atoms with E-state index in [0.29, 0.717) is 26.3 Å². The summed E-state index contributed by atoms with van der Waals surface area (Å²) < 4.78 is 10.9. The summed E-state index contributed by atoms with van der Waals surface area (Å²) in [7, 11) is 1.67. The van der Waals surface area contributed by atoms with Crippen molar-refractivity contribution in [2.75, 3.05) is 26.9 Å². The van der Waals surface area contributed by atoms with Crippen LogP contribution in [0, 0.1) is 13.8 Å². The van der Waals surface area contributed by atoms with Gasteiger partial charge in [0.1, 0.15) is 17.4 Å². The summed E-state index contributed by atoms with van der Waals surface area (Å²) in [6, 6.07) is 6.18. The van der Waals surface area contributed by atoms with Crippen molar-refractivity contribution in [3.63, 3.8) is 0 Å². The smallest absolute Gasteiger partial charge is 0.191 e. The number of aromatic nitrogens is 1. The maximum atomic E-state index is 5.84. The number of ether oxygens (including phenoxy) is 2. The van der Waals surface area contributed by atoms with Crippen LogP contribution in [-0.2, 0) is 17.8 Å². The van der Waals surface area contributed by atoms with E-state index in [4.69, 9.17) is 9.47 Å². The Morgan fingerprint density at radius 3 is 2.70 bits per heavy atom. The van der Waals surface area contributed by atoms with Gasteiger partial charge in [-0.1, -0.05) is 12.1 Å². The van der Waals surface area contributed by atoms with Crippen molar-refractivity contribution in [1.29, 1.82) is 0 Å². The fourth-order valence-corrected chi connectivity index (χ4v) is 3.04. The Morgan fingerprint density at radius 2 is 2.04 bits per heavy atom. The van der Waals surface area contributed by atoms with Gasteiger partial charge in [-0.3, -0.25) is 0 Å². The second-order valence-electron chi connectivity index (χ2n) is 5.87. The second-order valence-corrected chi connectivity index (χ2v) is 7.19. The molecule has 8 heteroatoms. The number of benzene rings is 1. The summed E-state index contributed by atoms with van der Waals surface area (Å²) in [6.07, 6.45) is 1.89. The van der Waals surface area contributed by atoms with Crippen molar-refractivity contribution in [2.24, 2.45) is 4.99 Å². The second kappa shape index (κ2) is 12.9. The van der Waals surface area contributed by atoms with E-state index in [9.17, 15) is 0 Å². The quantitative estimate of drug-likeness (QED) is 0.236. The Hall–Kier alpha value is -1.39. The summed E-state index contributed by atoms with van der Waals surface area (Å²) in [5.41, 5.74) is 2.21. The molecule has 0 spiro atoms. The number of aryl methyl sites for hydroxylation is 2. The molecule has 0 atom stereocenters. The molecule has 0 radical (unpaired) electrons. The lowest BCUT2D eigenvalue weighted by atomic mass is 10.1. The highest BCUT2D eigenvalue weighted by Crippen LogP contribution is 2.21. The number of guanidine groups is 1. The van der Waals surface area contributed by atoms with E-state index in [1.807, 2.05) is 12.3 Å². The molecule has 0 saturated carbocycles. The van der Waals surface area contributed by atoms with Crippen LogP contribution in [-0.4, -0.2) is 37.8 Å². The van der Waals surface area contributed by atoms with Gasteiger partial charge < -0.3 is 20.1 Å². The topological polar surface area (TPSA) is 67.8 Å². The standard InChI is InChI=1S/C19H28N4O2S.HI/c1-5-20-19(23-13-18-21-11-15(3)26-18)22-12-16-7-6-14(2)10-17(16)25-9-8-24-4;/h6-7,10-11H,5,8-9,12-13H2,1-4H3,(H2,20,22,23);1H. The first-order chi connectivity index (χ1) is 12.6. The largest absolute Gasteiger partial charge is 0.491 e. The third kappa shape index (κ3) is 8.44. The molecule has 0 unspecified atom stereocenters. The average Bonchev–Trinajstić information content (AvgIpc) is 3.04. The van der Waals surface area contributed by atoms with E-state index >= 15 is 0 Å². The van der Waals surface area contributed by atoms with Crippen LogP contribution in [0.5, 0.6) is 5.75 Å². The highest BCUT2D eigenvalue weighted by Gasteiger charge is 2.06. The molecular weight excluding hydrogens is 475 g/mol. The number of rotatable bonds is 9. The highest BCUT2D eigenvalue weighted by atomic mass is 127. The van der Waals surface area contributed by atoms with E-state index in [1.165, 1.54) is 4.88 Å². The molecule has 1 heterocycles. The van der Waals surface area contributed by atoms with Crippen molar-refractivity contribution in [3.05, 3.63) is 45.4 Å². The van der Waals surface area contributed by atoms with Crippen LogP contribution >= 0.6 is 35.3 Å². The maximum absolute atomic E-state index is 5.84. The first kappa shape index (κ1) is 23.6. The molecule has 0 aliphatic heterocycles. The van der Waals surface area contributed by atoms with Crippen LogP contribution in [0.1, 0.15) is 27.9 Å². The van der Waals surface area contributed by atoms with Crippen molar-refractivity contribution in [3.8, 4) is 5.75 Å². The van der Waals surface area contributed by atoms with Gasteiger partial charge in [-0.15, -0.1) is 35.3 Å². The fraction of sp³-hybridized carbons (Fsp3) is 0.474. The van der Waals surface area contributed by atoms with E-state index in [-0.39, 0.29) is 24.0 Å². The summed E-state index contributed by atoms with van der Waals surface area (Å²) in [6.45, 7) is 9.25. The first-order valence-electron chi connectivity index (χ1n) is 8.77. The fourth-order valence-electron chi connectivity index (χ4n) is 2.31. The zero-order valence-electron chi connectivity index (χ0n) is 16.4. The summed E-state index contributed by atoms with van der Waals surface area (Å²) >= 11 is 1.69. The van der Waals surface area contributed by atoms with Gasteiger partial charge in [0.05, 0.1) is 19.7 Å². The van der Waals surface area contributed by atoms with Crippen LogP contribution < -0.4 is 15.4 Å². The van der Waals surface area contributed by atoms with Crippen molar-refractivity contribution < 1.29 is 9.47 Å². The summed E-state index contributed by atoms with van der Waals surface area (Å²) in [5, 5.41) is 7.65. The third-order valence-electron chi connectivity index (χ3n) is 3.60. The van der Waals surface area contributed by atoms with Crippen LogP contribution in [0.4, 0.5) is 0 Å². The van der Waals surface area contributed by atoms with E-state index in [2.05, 4.69) is 53.5 Å². The first-order valence-corrected chi connectivity index (χ1v) is 9.58. The van der Waals surface area contributed by atoms with Gasteiger partial charge >= 0.3 is 0 Å². The van der Waals surface area contributed by atoms with Crippen molar-refractivity contribution >= 4 is 41.3 Å². The van der Waals surface area contributed by atoms with Crippen LogP contribution in [0.25, 0.3) is 0 Å². The Bertz CT molecular complexity index is 721. The molecule has 27 heavy (non-hydrogen) atoms. The van der Waals surface area contributed by atoms with Crippen LogP contribution in [0.3, 0.4) is 0 Å². The molecule has 1 aromatic carbocycles. The molecular formula is C19H29IN4O2S. The average molecular weight is 504 g/mol. The van der Waals surface area contributed by atoms with E-state index in [0.717, 1.165) is 34.4 Å². The Balaban J connectivity index is 0.00000364. The van der Waals surface area contributed by atoms with E-state index in [1.54, 1.807) is 18.4 Å². The Morgan fingerprint density at radius 1 is 1.22 bits per heavy atom. The molecule has 6 nitrogen and oxygen atoms in total. The predicted octanol–water partition coefficient (Wildman–Crippen LogP) is 3.66. The lowest BCUT2D eigenvalue weighted by molar-refractivity contribution is 0.145. The number of hydrogen-bond acceptors (Lipinski definition) is 5. The minimum absolute atomic E-state index is 0. The monoisotopic (exact) mass is 504 g/mol. The van der Waals surface area contributed by atoms with Gasteiger partial charge in [-0.2, -0.15) is 0 Å². The SMILES string of the molecule is CCNC(=NCc1ccc(C)cc1OCCOC)NCc1ncc(C)s1.I. The van der Waals surface area contributed by atoms with E-state index < -0.39 is 0 Å². The molecule has 0 aliphatic carbocycles. The number of nitrogens with one attached hydrogen (secondary N) is 2. The Labute approximate surface area is 182 Å². The number of halogens is 1. The molecule has 0 saturated heterocycles. The zero-order chi connectivity index (χ0) is 18.8. The van der Waals surface area contributed by atoms with Crippen molar-refractivity contribution in [2.45, 2.75) is 33.9 Å². The predicted molar refractivity (Wildman–Crippen MR) is 122 cm³/mol. The number of hydrogen-bond donors (Lipinski definition) is 2. The normalized spacial score (nSPS) is 11.0. The number of methoxy groups -OCH3 is 1. The van der Waals surface area contributed by atoms with Crippen molar-refractivity contribution in [1.82, 2.24) is 15.6 Å². The number of thiazole rings is 1. The molecule has 2 aromatic rings. The molecule has 150 valence electrons. The van der Waals surface area contributed by atoms with Crippen LogP contribution in [0.15, 0.2) is 29.4 Å². The Kier molecular flexibility index (Phi) is 11.3. The molecule has 2 N–H and O–H groups in total. The minimum atomic E-state index is 0. The lowest BCUT2D eigenvalue weighted by Gasteiger charge is -2.13. The minimum Gasteiger partial charge on any atom is -0.491 e. The molecule has 0 bridgehead atoms. The summed E-state index contributed by atoms with van der Waals surface area (Å²) in [4.78, 5) is 10.3. The molecule has 0 fully saturated rings. The molecule has 0 aliphatic rings. The van der Waals surface area contributed by atoms with Gasteiger partial charge in [0.25, 0.3) is 0 Å². The molecule has 1 aromatic heterocycles.